The second-order valence-corrected chi connectivity index (χ2v) is 6.15. The van der Waals surface area contributed by atoms with Gasteiger partial charge in [-0.15, -0.1) is 23.5 Å². The Labute approximate surface area is 115 Å². The molecular formula is C14H16O2S2. The molecule has 0 fully saturated rings. The third-order valence-electron chi connectivity index (χ3n) is 2.50. The van der Waals surface area contributed by atoms with Crippen molar-refractivity contribution in [3.8, 4) is 0 Å². The van der Waals surface area contributed by atoms with Crippen molar-refractivity contribution < 1.29 is 10.2 Å². The molecule has 4 heteroatoms. The molecule has 0 unspecified atom stereocenters. The van der Waals surface area contributed by atoms with E-state index in [2.05, 4.69) is 36.4 Å². The summed E-state index contributed by atoms with van der Waals surface area (Å²) in [6.07, 6.45) is 0. The molecule has 0 atom stereocenters. The molecule has 0 saturated heterocycles. The van der Waals surface area contributed by atoms with Crippen molar-refractivity contribution in [3.63, 3.8) is 0 Å². The molecule has 96 valence electrons. The SMILES string of the molecule is OCCSc1ccc2cc(SCCO)ccc2c1. The molecule has 0 aromatic heterocycles. The molecule has 2 nitrogen and oxygen atoms in total. The number of hydrogen-bond acceptors (Lipinski definition) is 4. The Bertz CT molecular complexity index is 467. The average molecular weight is 280 g/mol. The second-order valence-electron chi connectivity index (χ2n) is 3.81. The zero-order valence-corrected chi connectivity index (χ0v) is 11.6. The zero-order valence-electron chi connectivity index (χ0n) is 10.0. The van der Waals surface area contributed by atoms with Crippen LogP contribution in [0.15, 0.2) is 46.2 Å². The summed E-state index contributed by atoms with van der Waals surface area (Å²) in [6, 6.07) is 12.7. The molecule has 0 saturated carbocycles. The molecule has 0 bridgehead atoms. The largest absolute Gasteiger partial charge is 0.396 e. The first-order chi connectivity index (χ1) is 8.83. The number of aliphatic hydroxyl groups excluding tert-OH is 2. The summed E-state index contributed by atoms with van der Waals surface area (Å²) in [4.78, 5) is 2.37. The highest BCUT2D eigenvalue weighted by Gasteiger charge is 2.00. The molecule has 2 aromatic rings. The summed E-state index contributed by atoms with van der Waals surface area (Å²) in [5.74, 6) is 1.46. The monoisotopic (exact) mass is 280 g/mol. The van der Waals surface area contributed by atoms with Crippen LogP contribution >= 0.6 is 23.5 Å². The third kappa shape index (κ3) is 3.65. The molecule has 0 aliphatic carbocycles. The van der Waals surface area contributed by atoms with Crippen molar-refractivity contribution in [2.45, 2.75) is 9.79 Å². The lowest BCUT2D eigenvalue weighted by Gasteiger charge is -2.05. The van der Waals surface area contributed by atoms with E-state index < -0.39 is 0 Å². The Morgan fingerprint density at radius 3 is 1.56 bits per heavy atom. The minimum absolute atomic E-state index is 0.208. The van der Waals surface area contributed by atoms with Gasteiger partial charge in [-0.3, -0.25) is 0 Å². The lowest BCUT2D eigenvalue weighted by atomic mass is 10.1. The fourth-order valence-electron chi connectivity index (χ4n) is 1.71. The highest BCUT2D eigenvalue weighted by atomic mass is 32.2. The average Bonchev–Trinajstić information content (AvgIpc) is 2.42. The van der Waals surface area contributed by atoms with Crippen LogP contribution in [0.3, 0.4) is 0 Å². The van der Waals surface area contributed by atoms with Gasteiger partial charge in [0.1, 0.15) is 0 Å². The summed E-state index contributed by atoms with van der Waals surface area (Å²) in [5, 5.41) is 20.1. The maximum absolute atomic E-state index is 8.82. The summed E-state index contributed by atoms with van der Waals surface area (Å²) in [7, 11) is 0. The number of rotatable bonds is 6. The first-order valence-electron chi connectivity index (χ1n) is 5.84. The molecule has 2 rings (SSSR count). The van der Waals surface area contributed by atoms with Gasteiger partial charge in [-0.1, -0.05) is 12.1 Å². The van der Waals surface area contributed by atoms with Crippen LogP contribution < -0.4 is 0 Å². The van der Waals surface area contributed by atoms with Crippen molar-refractivity contribution >= 4 is 34.3 Å². The lowest BCUT2D eigenvalue weighted by Crippen LogP contribution is -1.86. The fraction of sp³-hybridized carbons (Fsp3) is 0.286. The summed E-state index contributed by atoms with van der Waals surface area (Å²) in [6.45, 7) is 0.416. The predicted octanol–water partition coefficient (Wildman–Crippen LogP) is 3.01. The number of hydrogen-bond donors (Lipinski definition) is 2. The Hall–Kier alpha value is -0.680. The number of aliphatic hydroxyl groups is 2. The Morgan fingerprint density at radius 2 is 1.17 bits per heavy atom. The zero-order chi connectivity index (χ0) is 12.8. The van der Waals surface area contributed by atoms with E-state index >= 15 is 0 Å². The first kappa shape index (κ1) is 13.7. The first-order valence-corrected chi connectivity index (χ1v) is 7.82. The van der Waals surface area contributed by atoms with Gasteiger partial charge in [0.25, 0.3) is 0 Å². The molecule has 0 amide bonds. The van der Waals surface area contributed by atoms with Crippen LogP contribution in [0, 0.1) is 0 Å². The van der Waals surface area contributed by atoms with E-state index in [-0.39, 0.29) is 13.2 Å². The van der Waals surface area contributed by atoms with Gasteiger partial charge in [-0.2, -0.15) is 0 Å². The fourth-order valence-corrected chi connectivity index (χ4v) is 3.11. The molecule has 0 radical (unpaired) electrons. The summed E-state index contributed by atoms with van der Waals surface area (Å²) < 4.78 is 0. The Balaban J connectivity index is 2.19. The molecule has 0 spiro atoms. The van der Waals surface area contributed by atoms with Gasteiger partial charge >= 0.3 is 0 Å². The van der Waals surface area contributed by atoms with E-state index in [1.165, 1.54) is 20.6 Å². The Morgan fingerprint density at radius 1 is 0.722 bits per heavy atom. The van der Waals surface area contributed by atoms with Gasteiger partial charge in [0.15, 0.2) is 0 Å². The van der Waals surface area contributed by atoms with Crippen molar-refractivity contribution in [2.24, 2.45) is 0 Å². The normalized spacial score (nSPS) is 11.0. The van der Waals surface area contributed by atoms with Crippen LogP contribution in [0.1, 0.15) is 0 Å². The maximum Gasteiger partial charge on any atom is 0.0525 e. The van der Waals surface area contributed by atoms with Gasteiger partial charge in [0.05, 0.1) is 13.2 Å². The predicted molar refractivity (Wildman–Crippen MR) is 79.6 cm³/mol. The van der Waals surface area contributed by atoms with Crippen LogP contribution in [-0.2, 0) is 0 Å². The molecule has 2 aromatic carbocycles. The Kier molecular flexibility index (Phi) is 5.38. The van der Waals surface area contributed by atoms with Crippen LogP contribution in [0.25, 0.3) is 10.8 Å². The van der Waals surface area contributed by atoms with Crippen LogP contribution in [-0.4, -0.2) is 34.9 Å². The van der Waals surface area contributed by atoms with Crippen LogP contribution in [0.5, 0.6) is 0 Å². The lowest BCUT2D eigenvalue weighted by molar-refractivity contribution is 0.322. The number of thioether (sulfide) groups is 2. The van der Waals surface area contributed by atoms with E-state index in [0.717, 1.165) is 11.5 Å². The second kappa shape index (κ2) is 7.04. The van der Waals surface area contributed by atoms with E-state index in [1.807, 2.05) is 0 Å². The number of benzene rings is 2. The van der Waals surface area contributed by atoms with Gasteiger partial charge in [-0.05, 0) is 35.0 Å². The molecular weight excluding hydrogens is 264 g/mol. The molecule has 0 aliphatic heterocycles. The van der Waals surface area contributed by atoms with Crippen molar-refractivity contribution in [1.29, 1.82) is 0 Å². The molecule has 2 N–H and O–H groups in total. The number of fused-ring (bicyclic) bond motifs is 1. The van der Waals surface area contributed by atoms with Gasteiger partial charge in [0.2, 0.25) is 0 Å². The van der Waals surface area contributed by atoms with Gasteiger partial charge in [0, 0.05) is 21.3 Å². The van der Waals surface area contributed by atoms with E-state index in [9.17, 15) is 0 Å². The smallest absolute Gasteiger partial charge is 0.0525 e. The minimum atomic E-state index is 0.208. The highest BCUT2D eigenvalue weighted by molar-refractivity contribution is 7.99. The van der Waals surface area contributed by atoms with Crippen molar-refractivity contribution in [1.82, 2.24) is 0 Å². The molecule has 18 heavy (non-hydrogen) atoms. The van der Waals surface area contributed by atoms with Gasteiger partial charge in [-0.25, -0.2) is 0 Å². The summed E-state index contributed by atoms with van der Waals surface area (Å²) in [5.41, 5.74) is 0. The van der Waals surface area contributed by atoms with Crippen molar-refractivity contribution in [2.75, 3.05) is 24.7 Å². The van der Waals surface area contributed by atoms with Gasteiger partial charge < -0.3 is 10.2 Å². The van der Waals surface area contributed by atoms with E-state index in [4.69, 9.17) is 10.2 Å². The van der Waals surface area contributed by atoms with E-state index in [0.29, 0.717) is 0 Å². The van der Waals surface area contributed by atoms with Crippen LogP contribution in [0.4, 0.5) is 0 Å². The minimum Gasteiger partial charge on any atom is -0.396 e. The molecule has 0 heterocycles. The topological polar surface area (TPSA) is 40.5 Å². The quantitative estimate of drug-likeness (QED) is 0.798. The summed E-state index contributed by atoms with van der Waals surface area (Å²) >= 11 is 3.33. The van der Waals surface area contributed by atoms with E-state index in [1.54, 1.807) is 23.5 Å². The third-order valence-corrected chi connectivity index (χ3v) is 4.45. The highest BCUT2D eigenvalue weighted by Crippen LogP contribution is 2.27. The van der Waals surface area contributed by atoms with Crippen LogP contribution in [0.2, 0.25) is 0 Å². The molecule has 0 aliphatic rings. The standard InChI is InChI=1S/C14H16O2S2/c15-5-7-17-13-3-1-11-9-14(18-8-6-16)4-2-12(11)10-13/h1-4,9-10,15-16H,5-8H2. The van der Waals surface area contributed by atoms with Crippen molar-refractivity contribution in [3.05, 3.63) is 36.4 Å². The maximum atomic E-state index is 8.82.